The van der Waals surface area contributed by atoms with Gasteiger partial charge in [0.1, 0.15) is 5.82 Å². The third-order valence-electron chi connectivity index (χ3n) is 1.53. The maximum absolute atomic E-state index is 12.6. The summed E-state index contributed by atoms with van der Waals surface area (Å²) < 4.78 is 47.7. The molecule has 80 valence electrons. The summed E-state index contributed by atoms with van der Waals surface area (Å²) >= 11 is 0. The van der Waals surface area contributed by atoms with Gasteiger partial charge in [-0.1, -0.05) is 12.1 Å². The number of ketones is 1. The van der Waals surface area contributed by atoms with Crippen LogP contribution in [-0.2, 0) is 0 Å². The summed E-state index contributed by atoms with van der Waals surface area (Å²) in [5, 5.41) is 0. The van der Waals surface area contributed by atoms with Gasteiger partial charge >= 0.3 is 6.18 Å². The summed E-state index contributed by atoms with van der Waals surface area (Å²) in [5.74, 6) is -1.55. The Morgan fingerprint density at radius 2 is 1.93 bits per heavy atom. The summed E-state index contributed by atoms with van der Waals surface area (Å²) in [6.45, 7) is 0. The van der Waals surface area contributed by atoms with E-state index in [1.54, 1.807) is 0 Å². The zero-order chi connectivity index (χ0) is 11.5. The maximum atomic E-state index is 12.6. The van der Waals surface area contributed by atoms with E-state index in [1.807, 2.05) is 0 Å². The van der Waals surface area contributed by atoms with Crippen molar-refractivity contribution >= 4 is 5.78 Å². The van der Waals surface area contributed by atoms with Crippen LogP contribution in [0, 0.1) is 5.82 Å². The van der Waals surface area contributed by atoms with Gasteiger partial charge in [-0.25, -0.2) is 4.39 Å². The third kappa shape index (κ3) is 3.93. The molecule has 1 aromatic rings. The Kier molecular flexibility index (Phi) is 3.24. The number of alkyl halides is 3. The highest BCUT2D eigenvalue weighted by Gasteiger charge is 2.22. The molecule has 0 aliphatic rings. The van der Waals surface area contributed by atoms with Crippen LogP contribution < -0.4 is 0 Å². The molecule has 0 saturated carbocycles. The van der Waals surface area contributed by atoms with Crippen molar-refractivity contribution in [3.63, 3.8) is 0 Å². The van der Waals surface area contributed by atoms with E-state index < -0.39 is 17.8 Å². The van der Waals surface area contributed by atoms with E-state index in [1.165, 1.54) is 12.1 Å². The SMILES string of the molecule is O=C(/C=C/C(F)(F)F)c1cccc(F)c1. The second kappa shape index (κ2) is 4.25. The van der Waals surface area contributed by atoms with E-state index in [2.05, 4.69) is 0 Å². The van der Waals surface area contributed by atoms with Crippen molar-refractivity contribution < 1.29 is 22.4 Å². The van der Waals surface area contributed by atoms with Gasteiger partial charge in [0.2, 0.25) is 0 Å². The molecule has 15 heavy (non-hydrogen) atoms. The molecule has 1 aromatic carbocycles. The molecule has 0 aliphatic heterocycles. The van der Waals surface area contributed by atoms with Gasteiger partial charge in [-0.2, -0.15) is 13.2 Å². The molecular formula is C10H6F4O. The average molecular weight is 218 g/mol. The third-order valence-corrected chi connectivity index (χ3v) is 1.53. The van der Waals surface area contributed by atoms with Crippen molar-refractivity contribution in [1.29, 1.82) is 0 Å². The van der Waals surface area contributed by atoms with Crippen molar-refractivity contribution in [1.82, 2.24) is 0 Å². The average Bonchev–Trinajstić information content (AvgIpc) is 2.13. The van der Waals surface area contributed by atoms with Crippen LogP contribution in [0.3, 0.4) is 0 Å². The Bertz CT molecular complexity index is 393. The maximum Gasteiger partial charge on any atom is 0.409 e. The number of carbonyl (C=O) groups is 1. The molecule has 0 saturated heterocycles. The van der Waals surface area contributed by atoms with Crippen molar-refractivity contribution in [2.24, 2.45) is 0 Å². The minimum atomic E-state index is -4.54. The lowest BCUT2D eigenvalue weighted by Crippen LogP contribution is -2.03. The van der Waals surface area contributed by atoms with Crippen LogP contribution in [0.2, 0.25) is 0 Å². The molecule has 0 heterocycles. The minimum absolute atomic E-state index is 0.115. The molecular weight excluding hydrogens is 212 g/mol. The smallest absolute Gasteiger partial charge is 0.289 e. The zero-order valence-corrected chi connectivity index (χ0v) is 7.38. The van der Waals surface area contributed by atoms with Gasteiger partial charge in [-0.3, -0.25) is 4.79 Å². The highest BCUT2D eigenvalue weighted by Crippen LogP contribution is 2.16. The van der Waals surface area contributed by atoms with Gasteiger partial charge in [-0.15, -0.1) is 0 Å². The zero-order valence-electron chi connectivity index (χ0n) is 7.38. The van der Waals surface area contributed by atoms with Crippen LogP contribution in [0.1, 0.15) is 10.4 Å². The Morgan fingerprint density at radius 3 is 2.47 bits per heavy atom. The van der Waals surface area contributed by atoms with Crippen molar-refractivity contribution in [3.8, 4) is 0 Å². The van der Waals surface area contributed by atoms with Crippen molar-refractivity contribution in [2.45, 2.75) is 6.18 Å². The number of hydrogen-bond acceptors (Lipinski definition) is 1. The fourth-order valence-electron chi connectivity index (χ4n) is 0.908. The van der Waals surface area contributed by atoms with Crippen LogP contribution in [0.5, 0.6) is 0 Å². The summed E-state index contributed by atoms with van der Waals surface area (Å²) in [5.41, 5.74) is -0.115. The number of benzene rings is 1. The molecule has 0 unspecified atom stereocenters. The monoisotopic (exact) mass is 218 g/mol. The Labute approximate surface area is 83.0 Å². The van der Waals surface area contributed by atoms with Crippen LogP contribution in [-0.4, -0.2) is 12.0 Å². The highest BCUT2D eigenvalue weighted by molar-refractivity contribution is 6.04. The Balaban J connectivity index is 2.83. The van der Waals surface area contributed by atoms with E-state index in [0.717, 1.165) is 12.1 Å². The van der Waals surface area contributed by atoms with Gasteiger partial charge < -0.3 is 0 Å². The standard InChI is InChI=1S/C10H6F4O/c11-8-3-1-2-7(6-8)9(15)4-5-10(12,13)14/h1-6H/b5-4+. The Hall–Kier alpha value is -1.65. The molecule has 0 amide bonds. The van der Waals surface area contributed by atoms with Gasteiger partial charge in [0, 0.05) is 11.6 Å². The molecule has 0 N–H and O–H groups in total. The van der Waals surface area contributed by atoms with E-state index >= 15 is 0 Å². The first-order chi connectivity index (χ1) is 6.88. The second-order valence-corrected chi connectivity index (χ2v) is 2.75. The molecule has 1 nitrogen and oxygen atoms in total. The molecule has 0 fully saturated rings. The topological polar surface area (TPSA) is 17.1 Å². The fourth-order valence-corrected chi connectivity index (χ4v) is 0.908. The molecule has 0 atom stereocenters. The quantitative estimate of drug-likeness (QED) is 0.423. The Morgan fingerprint density at radius 1 is 1.27 bits per heavy atom. The van der Waals surface area contributed by atoms with Gasteiger partial charge in [-0.05, 0) is 18.2 Å². The summed E-state index contributed by atoms with van der Waals surface area (Å²) in [6, 6.07) is 4.48. The first kappa shape index (κ1) is 11.4. The first-order valence-corrected chi connectivity index (χ1v) is 3.94. The van der Waals surface area contributed by atoms with Gasteiger partial charge in [0.05, 0.1) is 0 Å². The second-order valence-electron chi connectivity index (χ2n) is 2.75. The number of carbonyl (C=O) groups excluding carboxylic acids is 1. The molecule has 0 bridgehead atoms. The number of hydrogen-bond donors (Lipinski definition) is 0. The van der Waals surface area contributed by atoms with E-state index in [-0.39, 0.29) is 11.6 Å². The van der Waals surface area contributed by atoms with Crippen LogP contribution in [0.4, 0.5) is 17.6 Å². The number of rotatable bonds is 2. The lowest BCUT2D eigenvalue weighted by atomic mass is 10.1. The van der Waals surface area contributed by atoms with E-state index in [0.29, 0.717) is 6.08 Å². The normalized spacial score (nSPS) is 12.0. The van der Waals surface area contributed by atoms with Crippen molar-refractivity contribution in [2.75, 3.05) is 0 Å². The molecule has 5 heteroatoms. The molecule has 0 aromatic heterocycles. The van der Waals surface area contributed by atoms with E-state index in [9.17, 15) is 22.4 Å². The predicted molar refractivity (Wildman–Crippen MR) is 45.9 cm³/mol. The van der Waals surface area contributed by atoms with Gasteiger partial charge in [0.25, 0.3) is 0 Å². The minimum Gasteiger partial charge on any atom is -0.289 e. The summed E-state index contributed by atoms with van der Waals surface area (Å²) in [6.07, 6.45) is -4.35. The van der Waals surface area contributed by atoms with Crippen molar-refractivity contribution in [3.05, 3.63) is 47.8 Å². The van der Waals surface area contributed by atoms with Crippen LogP contribution >= 0.6 is 0 Å². The summed E-state index contributed by atoms with van der Waals surface area (Å²) in [7, 11) is 0. The number of halogens is 4. The molecule has 0 spiro atoms. The largest absolute Gasteiger partial charge is 0.409 e. The molecule has 0 radical (unpaired) electrons. The highest BCUT2D eigenvalue weighted by atomic mass is 19.4. The molecule has 0 aliphatic carbocycles. The fraction of sp³-hybridized carbons (Fsp3) is 0.100. The van der Waals surface area contributed by atoms with Crippen LogP contribution in [0.25, 0.3) is 0 Å². The first-order valence-electron chi connectivity index (χ1n) is 3.94. The predicted octanol–water partition coefficient (Wildman–Crippen LogP) is 3.13. The summed E-state index contributed by atoms with van der Waals surface area (Å²) in [4.78, 5) is 11.1. The van der Waals surface area contributed by atoms with Gasteiger partial charge in [0.15, 0.2) is 5.78 Å². The lowest BCUT2D eigenvalue weighted by Gasteiger charge is -1.98. The van der Waals surface area contributed by atoms with Crippen LogP contribution in [0.15, 0.2) is 36.4 Å². The van der Waals surface area contributed by atoms with E-state index in [4.69, 9.17) is 0 Å². The molecule has 1 rings (SSSR count). The lowest BCUT2D eigenvalue weighted by molar-refractivity contribution is -0.0799. The number of allylic oxidation sites excluding steroid dienone is 2.